The molecular weight excluding hydrogens is 246 g/mol. The molecule has 0 aliphatic heterocycles. The summed E-state index contributed by atoms with van der Waals surface area (Å²) in [4.78, 5) is 18.6. The predicted molar refractivity (Wildman–Crippen MR) is 75.5 cm³/mol. The normalized spacial score (nSPS) is 10.2. The minimum absolute atomic E-state index is 0.0743. The Labute approximate surface area is 113 Å². The summed E-state index contributed by atoms with van der Waals surface area (Å²) in [5.41, 5.74) is -0.0743. The number of nitro groups is 1. The molecule has 19 heavy (non-hydrogen) atoms. The molecule has 0 aromatic carbocycles. The first kappa shape index (κ1) is 15.1. The summed E-state index contributed by atoms with van der Waals surface area (Å²) >= 11 is 0. The maximum atomic E-state index is 11.2. The van der Waals surface area contributed by atoms with Crippen LogP contribution in [0.5, 0.6) is 0 Å². The number of aromatic nitrogens is 2. The molecule has 0 fully saturated rings. The molecule has 1 aromatic heterocycles. The Balaban J connectivity index is 2.84. The fourth-order valence-electron chi connectivity index (χ4n) is 1.58. The highest BCUT2D eigenvalue weighted by Crippen LogP contribution is 2.28. The SMILES string of the molecule is CCCCNc1ncnc(NCCCC)c1[N+](=O)[O-]. The third kappa shape index (κ3) is 4.69. The zero-order valence-corrected chi connectivity index (χ0v) is 11.5. The molecular formula is C12H21N5O2. The second-order valence-electron chi connectivity index (χ2n) is 4.24. The summed E-state index contributed by atoms with van der Waals surface area (Å²) in [7, 11) is 0. The van der Waals surface area contributed by atoms with Gasteiger partial charge in [-0.2, -0.15) is 0 Å². The van der Waals surface area contributed by atoms with Crippen molar-refractivity contribution in [3.05, 3.63) is 16.4 Å². The molecule has 0 aliphatic rings. The Morgan fingerprint density at radius 1 is 1.11 bits per heavy atom. The summed E-state index contributed by atoms with van der Waals surface area (Å²) < 4.78 is 0. The summed E-state index contributed by atoms with van der Waals surface area (Å²) in [6, 6.07) is 0. The Hall–Kier alpha value is -1.92. The van der Waals surface area contributed by atoms with Crippen molar-refractivity contribution in [1.29, 1.82) is 0 Å². The molecule has 0 saturated heterocycles. The molecule has 0 spiro atoms. The van der Waals surface area contributed by atoms with Crippen LogP contribution in [0.4, 0.5) is 17.3 Å². The van der Waals surface area contributed by atoms with Crippen LogP contribution >= 0.6 is 0 Å². The van der Waals surface area contributed by atoms with Crippen molar-refractivity contribution in [3.8, 4) is 0 Å². The van der Waals surface area contributed by atoms with Crippen LogP contribution < -0.4 is 10.6 Å². The highest BCUT2D eigenvalue weighted by molar-refractivity contribution is 5.69. The van der Waals surface area contributed by atoms with E-state index in [9.17, 15) is 10.1 Å². The molecule has 1 aromatic rings. The fraction of sp³-hybridized carbons (Fsp3) is 0.667. The van der Waals surface area contributed by atoms with Crippen molar-refractivity contribution in [2.45, 2.75) is 39.5 Å². The summed E-state index contributed by atoms with van der Waals surface area (Å²) in [5.74, 6) is 0.569. The maximum absolute atomic E-state index is 11.2. The third-order valence-corrected chi connectivity index (χ3v) is 2.65. The van der Waals surface area contributed by atoms with Crippen LogP contribution in [-0.4, -0.2) is 28.0 Å². The monoisotopic (exact) mass is 267 g/mol. The van der Waals surface area contributed by atoms with Crippen molar-refractivity contribution in [3.63, 3.8) is 0 Å². The Kier molecular flexibility index (Phi) is 6.56. The Bertz CT molecular complexity index is 383. The lowest BCUT2D eigenvalue weighted by atomic mass is 10.3. The van der Waals surface area contributed by atoms with Crippen LogP contribution in [0.15, 0.2) is 6.33 Å². The van der Waals surface area contributed by atoms with Gasteiger partial charge in [0.25, 0.3) is 0 Å². The minimum atomic E-state index is -0.442. The van der Waals surface area contributed by atoms with E-state index >= 15 is 0 Å². The van der Waals surface area contributed by atoms with Crippen molar-refractivity contribution in [2.75, 3.05) is 23.7 Å². The minimum Gasteiger partial charge on any atom is -0.364 e. The number of hydrogen-bond donors (Lipinski definition) is 2. The molecule has 0 atom stereocenters. The van der Waals surface area contributed by atoms with Gasteiger partial charge in [-0.15, -0.1) is 0 Å². The van der Waals surface area contributed by atoms with E-state index in [0.717, 1.165) is 25.7 Å². The average Bonchev–Trinajstić information content (AvgIpc) is 2.39. The van der Waals surface area contributed by atoms with Crippen LogP contribution in [-0.2, 0) is 0 Å². The summed E-state index contributed by atoms with van der Waals surface area (Å²) in [6.45, 7) is 5.47. The van der Waals surface area contributed by atoms with E-state index in [2.05, 4.69) is 34.4 Å². The van der Waals surface area contributed by atoms with Gasteiger partial charge in [0.1, 0.15) is 6.33 Å². The third-order valence-electron chi connectivity index (χ3n) is 2.65. The van der Waals surface area contributed by atoms with Gasteiger partial charge in [0.2, 0.25) is 11.6 Å². The molecule has 1 rings (SSSR count). The van der Waals surface area contributed by atoms with E-state index in [1.807, 2.05) is 0 Å². The van der Waals surface area contributed by atoms with Crippen LogP contribution in [0.1, 0.15) is 39.5 Å². The fourth-order valence-corrected chi connectivity index (χ4v) is 1.58. The van der Waals surface area contributed by atoms with Crippen LogP contribution in [0, 0.1) is 10.1 Å². The summed E-state index contributed by atoms with van der Waals surface area (Å²) in [6.07, 6.45) is 5.27. The second kappa shape index (κ2) is 8.23. The topological polar surface area (TPSA) is 93.0 Å². The van der Waals surface area contributed by atoms with Crippen molar-refractivity contribution >= 4 is 17.3 Å². The van der Waals surface area contributed by atoms with E-state index in [1.165, 1.54) is 6.33 Å². The van der Waals surface area contributed by atoms with Gasteiger partial charge in [-0.25, -0.2) is 9.97 Å². The molecule has 0 bridgehead atoms. The average molecular weight is 267 g/mol. The van der Waals surface area contributed by atoms with Crippen molar-refractivity contribution < 1.29 is 4.92 Å². The van der Waals surface area contributed by atoms with Crippen LogP contribution in [0.25, 0.3) is 0 Å². The molecule has 7 nitrogen and oxygen atoms in total. The first-order valence-corrected chi connectivity index (χ1v) is 6.67. The van der Waals surface area contributed by atoms with Gasteiger partial charge >= 0.3 is 5.69 Å². The number of anilines is 2. The molecule has 0 aliphatic carbocycles. The Morgan fingerprint density at radius 3 is 1.95 bits per heavy atom. The lowest BCUT2D eigenvalue weighted by Gasteiger charge is -2.09. The number of nitrogens with zero attached hydrogens (tertiary/aromatic N) is 3. The predicted octanol–water partition coefficient (Wildman–Crippen LogP) is 2.81. The van der Waals surface area contributed by atoms with E-state index < -0.39 is 4.92 Å². The molecule has 0 saturated carbocycles. The molecule has 106 valence electrons. The Morgan fingerprint density at radius 2 is 1.58 bits per heavy atom. The summed E-state index contributed by atoms with van der Waals surface area (Å²) in [5, 5.41) is 17.1. The number of rotatable bonds is 9. The number of nitrogens with one attached hydrogen (secondary N) is 2. The zero-order valence-electron chi connectivity index (χ0n) is 11.5. The first-order valence-electron chi connectivity index (χ1n) is 6.67. The lowest BCUT2D eigenvalue weighted by Crippen LogP contribution is -2.11. The van der Waals surface area contributed by atoms with Gasteiger partial charge < -0.3 is 10.6 Å². The number of unbranched alkanes of at least 4 members (excludes halogenated alkanes) is 2. The van der Waals surface area contributed by atoms with E-state index in [0.29, 0.717) is 13.1 Å². The smallest absolute Gasteiger partial charge is 0.353 e. The van der Waals surface area contributed by atoms with E-state index in [4.69, 9.17) is 0 Å². The standard InChI is InChI=1S/C12H21N5O2/c1-3-5-7-13-11-10(17(18)19)12(16-9-15-11)14-8-6-4-2/h9H,3-8H2,1-2H3,(H2,13,14,15,16). The molecule has 1 heterocycles. The highest BCUT2D eigenvalue weighted by atomic mass is 16.6. The lowest BCUT2D eigenvalue weighted by molar-refractivity contribution is -0.383. The van der Waals surface area contributed by atoms with Crippen molar-refractivity contribution in [1.82, 2.24) is 9.97 Å². The van der Waals surface area contributed by atoms with Gasteiger partial charge in [0, 0.05) is 13.1 Å². The van der Waals surface area contributed by atoms with Crippen LogP contribution in [0.3, 0.4) is 0 Å². The maximum Gasteiger partial charge on any atom is 0.353 e. The quantitative estimate of drug-likeness (QED) is 0.406. The molecule has 7 heteroatoms. The molecule has 0 radical (unpaired) electrons. The van der Waals surface area contributed by atoms with Crippen molar-refractivity contribution in [2.24, 2.45) is 0 Å². The van der Waals surface area contributed by atoms with E-state index in [1.54, 1.807) is 0 Å². The molecule has 0 unspecified atom stereocenters. The second-order valence-corrected chi connectivity index (χ2v) is 4.24. The number of hydrogen-bond acceptors (Lipinski definition) is 6. The molecule has 0 amide bonds. The van der Waals surface area contributed by atoms with Gasteiger partial charge in [0.15, 0.2) is 0 Å². The first-order chi connectivity index (χ1) is 9.20. The van der Waals surface area contributed by atoms with E-state index in [-0.39, 0.29) is 17.3 Å². The van der Waals surface area contributed by atoms with Gasteiger partial charge in [0.05, 0.1) is 4.92 Å². The van der Waals surface area contributed by atoms with Gasteiger partial charge in [-0.3, -0.25) is 10.1 Å². The van der Waals surface area contributed by atoms with Gasteiger partial charge in [-0.1, -0.05) is 26.7 Å². The van der Waals surface area contributed by atoms with Gasteiger partial charge in [-0.05, 0) is 12.8 Å². The zero-order chi connectivity index (χ0) is 14.1. The highest BCUT2D eigenvalue weighted by Gasteiger charge is 2.22. The van der Waals surface area contributed by atoms with Crippen LogP contribution in [0.2, 0.25) is 0 Å². The molecule has 2 N–H and O–H groups in total. The largest absolute Gasteiger partial charge is 0.364 e.